The van der Waals surface area contributed by atoms with Gasteiger partial charge < -0.3 is 14.2 Å². The lowest BCUT2D eigenvalue weighted by molar-refractivity contribution is -0.274. The van der Waals surface area contributed by atoms with Gasteiger partial charge in [-0.1, -0.05) is 13.8 Å². The first-order valence-electron chi connectivity index (χ1n) is 10.4. The van der Waals surface area contributed by atoms with Crippen LogP contribution in [0.5, 0.6) is 5.75 Å². The van der Waals surface area contributed by atoms with Crippen molar-refractivity contribution in [3.05, 3.63) is 47.3 Å². The van der Waals surface area contributed by atoms with E-state index in [1.165, 1.54) is 23.4 Å². The number of hydrogen-bond donors (Lipinski definition) is 0. The molecule has 0 amide bonds. The van der Waals surface area contributed by atoms with E-state index < -0.39 is 6.36 Å². The fourth-order valence-electron chi connectivity index (χ4n) is 4.57. The number of hydrogen-bond acceptors (Lipinski definition) is 3. The van der Waals surface area contributed by atoms with Gasteiger partial charge in [0.1, 0.15) is 11.4 Å². The molecule has 2 aromatic heterocycles. The lowest BCUT2D eigenvalue weighted by Gasteiger charge is -2.36. The van der Waals surface area contributed by atoms with Crippen LogP contribution < -0.4 is 9.64 Å². The van der Waals surface area contributed by atoms with Gasteiger partial charge in [-0.15, -0.1) is 13.2 Å². The number of aryl methyl sites for hydroxylation is 2. The Morgan fingerprint density at radius 2 is 1.83 bits per heavy atom. The van der Waals surface area contributed by atoms with Gasteiger partial charge in [0, 0.05) is 29.9 Å². The maximum absolute atomic E-state index is 12.6. The Bertz CT molecular complexity index is 1080. The Balaban J connectivity index is 1.84. The quantitative estimate of drug-likeness (QED) is 0.503. The average Bonchev–Trinajstić information content (AvgIpc) is 3.02. The summed E-state index contributed by atoms with van der Waals surface area (Å²) < 4.78 is 43.8. The van der Waals surface area contributed by atoms with E-state index in [1.807, 2.05) is 11.5 Å². The smallest absolute Gasteiger partial charge is 0.406 e. The van der Waals surface area contributed by atoms with Gasteiger partial charge >= 0.3 is 6.36 Å². The molecule has 0 bridgehead atoms. The van der Waals surface area contributed by atoms with E-state index in [0.717, 1.165) is 48.2 Å². The number of rotatable bonds is 5. The molecule has 3 heterocycles. The molecule has 0 N–H and O–H groups in total. The predicted octanol–water partition coefficient (Wildman–Crippen LogP) is 6.09. The minimum absolute atomic E-state index is 0.213. The monoisotopic (exact) mass is 417 g/mol. The number of ether oxygens (including phenoxy) is 1. The molecule has 0 radical (unpaired) electrons. The molecule has 4 rings (SSSR count). The third-order valence-electron chi connectivity index (χ3n) is 5.92. The van der Waals surface area contributed by atoms with Crippen molar-refractivity contribution >= 4 is 16.7 Å². The number of aromatic nitrogens is 2. The number of halogens is 3. The summed E-state index contributed by atoms with van der Waals surface area (Å²) in [6.07, 6.45) is 0.458. The van der Waals surface area contributed by atoms with Crippen LogP contribution in [-0.4, -0.2) is 28.5 Å². The molecule has 1 aromatic carbocycles. The molecule has 0 saturated heterocycles. The van der Waals surface area contributed by atoms with Crippen molar-refractivity contribution < 1.29 is 17.9 Å². The molecule has 0 fully saturated rings. The first kappa shape index (κ1) is 20.6. The van der Waals surface area contributed by atoms with Crippen molar-refractivity contribution in [1.29, 1.82) is 0 Å². The van der Waals surface area contributed by atoms with E-state index in [2.05, 4.69) is 35.7 Å². The summed E-state index contributed by atoms with van der Waals surface area (Å²) in [6.45, 7) is 9.16. The number of pyridine rings is 1. The van der Waals surface area contributed by atoms with Gasteiger partial charge in [0.25, 0.3) is 0 Å². The van der Waals surface area contributed by atoms with E-state index in [9.17, 15) is 13.2 Å². The summed E-state index contributed by atoms with van der Waals surface area (Å²) in [5.41, 5.74) is 5.71. The van der Waals surface area contributed by atoms with Gasteiger partial charge in [0.2, 0.25) is 0 Å². The van der Waals surface area contributed by atoms with Crippen LogP contribution in [0.25, 0.3) is 16.7 Å². The minimum Gasteiger partial charge on any atom is -0.406 e. The van der Waals surface area contributed by atoms with Gasteiger partial charge in [-0.3, -0.25) is 0 Å². The van der Waals surface area contributed by atoms with Crippen LogP contribution in [0.3, 0.4) is 0 Å². The molecule has 4 nitrogen and oxygen atoms in total. The van der Waals surface area contributed by atoms with Crippen LogP contribution in [0.4, 0.5) is 18.9 Å². The number of alkyl halides is 3. The molecule has 0 spiro atoms. The highest BCUT2D eigenvalue weighted by Crippen LogP contribution is 2.39. The Labute approximate surface area is 174 Å². The average molecular weight is 417 g/mol. The molecule has 160 valence electrons. The summed E-state index contributed by atoms with van der Waals surface area (Å²) in [5.74, 6) is -0.213. The summed E-state index contributed by atoms with van der Waals surface area (Å²) in [6, 6.07) is 7.07. The second-order valence-corrected chi connectivity index (χ2v) is 7.92. The van der Waals surface area contributed by atoms with E-state index in [-0.39, 0.29) is 5.75 Å². The standard InChI is InChI=1S/C23H26F3N3O/c1-5-17(6-2)28-10-9-16-13-29(22-21(16)20(28)12-15(4)27-22)19-8-7-18(11-14(19)3)30-23(24,25)26/h7-8,11-13,17H,5-6,9-10H2,1-4H3. The zero-order valence-corrected chi connectivity index (χ0v) is 17.7. The first-order valence-corrected chi connectivity index (χ1v) is 10.4. The topological polar surface area (TPSA) is 30.3 Å². The summed E-state index contributed by atoms with van der Waals surface area (Å²) >= 11 is 0. The van der Waals surface area contributed by atoms with Crippen LogP contribution in [0, 0.1) is 13.8 Å². The molecular formula is C23H26F3N3O. The largest absolute Gasteiger partial charge is 0.573 e. The van der Waals surface area contributed by atoms with Crippen LogP contribution in [0.15, 0.2) is 30.5 Å². The summed E-state index contributed by atoms with van der Waals surface area (Å²) in [5, 5.41) is 1.15. The molecular weight excluding hydrogens is 391 g/mol. The Kier molecular flexibility index (Phi) is 5.16. The van der Waals surface area contributed by atoms with Crippen LogP contribution in [0.2, 0.25) is 0 Å². The fraction of sp³-hybridized carbons (Fsp3) is 0.435. The second-order valence-electron chi connectivity index (χ2n) is 7.92. The number of anilines is 1. The molecule has 0 aliphatic carbocycles. The van der Waals surface area contributed by atoms with Crippen molar-refractivity contribution in [3.63, 3.8) is 0 Å². The minimum atomic E-state index is -4.70. The molecule has 30 heavy (non-hydrogen) atoms. The molecule has 1 aliphatic heterocycles. The SMILES string of the molecule is CCC(CC)N1CCc2cn(-c3ccc(OC(F)(F)F)cc3C)c3nc(C)cc1c23. The molecule has 0 atom stereocenters. The maximum Gasteiger partial charge on any atom is 0.573 e. The zero-order chi connectivity index (χ0) is 21.6. The van der Waals surface area contributed by atoms with Crippen molar-refractivity contribution in [1.82, 2.24) is 9.55 Å². The lowest BCUT2D eigenvalue weighted by atomic mass is 10.00. The van der Waals surface area contributed by atoms with Crippen LogP contribution in [-0.2, 0) is 6.42 Å². The normalized spacial score (nSPS) is 14.1. The molecule has 7 heteroatoms. The fourth-order valence-corrected chi connectivity index (χ4v) is 4.57. The molecule has 0 unspecified atom stereocenters. The van der Waals surface area contributed by atoms with Gasteiger partial charge in [-0.25, -0.2) is 4.98 Å². The van der Waals surface area contributed by atoms with E-state index in [1.54, 1.807) is 13.0 Å². The van der Waals surface area contributed by atoms with Crippen molar-refractivity contribution in [3.8, 4) is 11.4 Å². The summed E-state index contributed by atoms with van der Waals surface area (Å²) in [7, 11) is 0. The van der Waals surface area contributed by atoms with Gasteiger partial charge in [0.05, 0.1) is 11.4 Å². The first-order chi connectivity index (χ1) is 14.2. The van der Waals surface area contributed by atoms with Crippen LogP contribution in [0.1, 0.15) is 43.5 Å². The number of benzene rings is 1. The summed E-state index contributed by atoms with van der Waals surface area (Å²) in [4.78, 5) is 7.30. The zero-order valence-electron chi connectivity index (χ0n) is 17.7. The second kappa shape index (κ2) is 7.52. The lowest BCUT2D eigenvalue weighted by Crippen LogP contribution is -2.38. The Morgan fingerprint density at radius 1 is 1.10 bits per heavy atom. The van der Waals surface area contributed by atoms with E-state index in [4.69, 9.17) is 4.98 Å². The third-order valence-corrected chi connectivity index (χ3v) is 5.92. The maximum atomic E-state index is 12.6. The van der Waals surface area contributed by atoms with Gasteiger partial charge in [-0.2, -0.15) is 0 Å². The predicted molar refractivity (Wildman–Crippen MR) is 113 cm³/mol. The van der Waals surface area contributed by atoms with E-state index in [0.29, 0.717) is 11.6 Å². The van der Waals surface area contributed by atoms with Crippen molar-refractivity contribution in [2.45, 2.75) is 59.4 Å². The van der Waals surface area contributed by atoms with Gasteiger partial charge in [-0.05, 0) is 68.5 Å². The Morgan fingerprint density at radius 3 is 2.47 bits per heavy atom. The molecule has 3 aromatic rings. The van der Waals surface area contributed by atoms with Crippen molar-refractivity contribution in [2.75, 3.05) is 11.4 Å². The number of nitrogens with zero attached hydrogens (tertiary/aromatic N) is 3. The van der Waals surface area contributed by atoms with Gasteiger partial charge in [0.15, 0.2) is 0 Å². The highest BCUT2D eigenvalue weighted by molar-refractivity contribution is 5.96. The molecule has 0 saturated carbocycles. The van der Waals surface area contributed by atoms with Crippen LogP contribution >= 0.6 is 0 Å². The molecule has 1 aliphatic rings. The third kappa shape index (κ3) is 3.61. The van der Waals surface area contributed by atoms with Crippen molar-refractivity contribution in [2.24, 2.45) is 0 Å². The highest BCUT2D eigenvalue weighted by atomic mass is 19.4. The van der Waals surface area contributed by atoms with E-state index >= 15 is 0 Å². The Hall–Kier alpha value is -2.70. The highest BCUT2D eigenvalue weighted by Gasteiger charge is 2.31.